The number of nitrogens with zero attached hydrogens (tertiary/aromatic N) is 2. The van der Waals surface area contributed by atoms with Gasteiger partial charge < -0.3 is 23.1 Å². The van der Waals surface area contributed by atoms with Gasteiger partial charge in [0.25, 0.3) is 0 Å². The van der Waals surface area contributed by atoms with Crippen LogP contribution in [0.1, 0.15) is 74.9 Å². The molecule has 3 aromatic heterocycles. The predicted octanol–water partition coefficient (Wildman–Crippen LogP) is 23.8. The van der Waals surface area contributed by atoms with Gasteiger partial charge in [0.2, 0.25) is 0 Å². The van der Waals surface area contributed by atoms with Gasteiger partial charge in [0.1, 0.15) is 22.3 Å². The van der Waals surface area contributed by atoms with Crippen molar-refractivity contribution in [2.45, 2.75) is 80.1 Å². The molecule has 0 aliphatic rings. The Hall–Kier alpha value is -9.84. The quantitative estimate of drug-likeness (QED) is 0.152. The molecule has 12 aromatic carbocycles. The molecule has 0 aliphatic carbocycles. The van der Waals surface area contributed by atoms with E-state index in [1.165, 1.54) is 44.5 Å². The van der Waals surface area contributed by atoms with Crippen molar-refractivity contribution in [1.29, 1.82) is 0 Å². The first-order chi connectivity index (χ1) is 41.1. The third kappa shape index (κ3) is 8.42. The van der Waals surface area contributed by atoms with Crippen LogP contribution in [0.15, 0.2) is 232 Å². The number of aryl methyl sites for hydroxylation is 4. The summed E-state index contributed by atoms with van der Waals surface area (Å²) in [6.45, 7) is 22.2. The number of hydrogen-bond acceptors (Lipinski definition) is 5. The first kappa shape index (κ1) is 52.0. The normalized spacial score (nSPS) is 12.4. The smallest absolute Gasteiger partial charge is 0.159 e. The highest BCUT2D eigenvalue weighted by molar-refractivity contribution is 6.30. The molecule has 0 aliphatic heterocycles. The van der Waals surface area contributed by atoms with Crippen LogP contribution < -0.4 is 9.80 Å². The molecule has 0 unspecified atom stereocenters. The minimum Gasteiger partial charge on any atom is -0.456 e. The van der Waals surface area contributed by atoms with Crippen LogP contribution in [0.25, 0.3) is 110 Å². The molecule has 5 heteroatoms. The highest BCUT2D eigenvalue weighted by atomic mass is 16.3. The second kappa shape index (κ2) is 19.4. The average Bonchev–Trinajstić information content (AvgIpc) is 3.94. The molecular formula is C80H66N2O3. The summed E-state index contributed by atoms with van der Waals surface area (Å²) in [6.07, 6.45) is 0. The zero-order valence-electron chi connectivity index (χ0n) is 49.9. The van der Waals surface area contributed by atoms with Gasteiger partial charge in [-0.1, -0.05) is 211 Å². The van der Waals surface area contributed by atoms with Gasteiger partial charge in [0.05, 0.1) is 22.7 Å². The van der Waals surface area contributed by atoms with Gasteiger partial charge in [-0.15, -0.1) is 0 Å². The van der Waals surface area contributed by atoms with E-state index in [9.17, 15) is 0 Å². The predicted molar refractivity (Wildman–Crippen MR) is 360 cm³/mol. The van der Waals surface area contributed by atoms with Crippen LogP contribution in [-0.4, -0.2) is 0 Å². The Morgan fingerprint density at radius 1 is 0.271 bits per heavy atom. The Morgan fingerprint density at radius 2 is 0.612 bits per heavy atom. The van der Waals surface area contributed by atoms with E-state index in [-0.39, 0.29) is 10.8 Å². The summed E-state index contributed by atoms with van der Waals surface area (Å²) in [5, 5.41) is 10.8. The maximum atomic E-state index is 7.47. The molecule has 85 heavy (non-hydrogen) atoms. The van der Waals surface area contributed by atoms with Gasteiger partial charge in [-0.2, -0.15) is 0 Å². The fourth-order valence-electron chi connectivity index (χ4n) is 13.2. The van der Waals surface area contributed by atoms with E-state index in [1.807, 2.05) is 0 Å². The standard InChI is InChI=1S/C80H66N2O3/c1-47-31-33-53(43-49(47)3)51-35-39-55(40-36-51)81(67-29-17-25-63-61-23-15-27-65(79(5,6)7)75(61)84-77(63)67)69-45-71-73(59-21-13-11-19-57(59)69)74-60-22-14-12-20-58(60)70(46-72(74)83-71)82(56-41-37-52(38-42-56)54-34-32-48(2)50(4)44-54)68-30-18-26-64-62-24-16-28-66(80(8,9)10)76(62)85-78(64)68/h11-46H,1-10H3. The van der Waals surface area contributed by atoms with Crippen molar-refractivity contribution >= 4 is 121 Å². The molecule has 0 fully saturated rings. The van der Waals surface area contributed by atoms with Gasteiger partial charge in [0.15, 0.2) is 11.2 Å². The lowest BCUT2D eigenvalue weighted by Gasteiger charge is -2.27. The molecule has 0 amide bonds. The Kier molecular flexibility index (Phi) is 11.8. The summed E-state index contributed by atoms with van der Waals surface area (Å²) < 4.78 is 21.9. The van der Waals surface area contributed by atoms with Crippen molar-refractivity contribution in [1.82, 2.24) is 0 Å². The van der Waals surface area contributed by atoms with E-state index in [0.717, 1.165) is 133 Å². The molecule has 0 atom stereocenters. The van der Waals surface area contributed by atoms with Crippen LogP contribution in [0.5, 0.6) is 0 Å². The van der Waals surface area contributed by atoms with Crippen molar-refractivity contribution in [2.75, 3.05) is 9.80 Å². The second-order valence-electron chi connectivity index (χ2n) is 25.5. The Balaban J connectivity index is 0.984. The van der Waals surface area contributed by atoms with Crippen LogP contribution in [0.4, 0.5) is 34.1 Å². The molecule has 5 nitrogen and oxygen atoms in total. The number of hydrogen-bond donors (Lipinski definition) is 0. The zero-order chi connectivity index (χ0) is 58.2. The molecule has 414 valence electrons. The van der Waals surface area contributed by atoms with Crippen molar-refractivity contribution in [3.63, 3.8) is 0 Å². The van der Waals surface area contributed by atoms with Crippen molar-refractivity contribution in [3.8, 4) is 22.3 Å². The molecule has 0 N–H and O–H groups in total. The van der Waals surface area contributed by atoms with Gasteiger partial charge in [-0.3, -0.25) is 0 Å². The van der Waals surface area contributed by atoms with Gasteiger partial charge in [-0.25, -0.2) is 0 Å². The summed E-state index contributed by atoms with van der Waals surface area (Å²) in [5.74, 6) is 0. The lowest BCUT2D eigenvalue weighted by Crippen LogP contribution is -2.11. The summed E-state index contributed by atoms with van der Waals surface area (Å²) in [7, 11) is 0. The lowest BCUT2D eigenvalue weighted by atomic mass is 9.86. The van der Waals surface area contributed by atoms with E-state index in [2.05, 4.69) is 297 Å². The summed E-state index contributed by atoms with van der Waals surface area (Å²) in [4.78, 5) is 4.76. The highest BCUT2D eigenvalue weighted by Crippen LogP contribution is 2.52. The summed E-state index contributed by atoms with van der Waals surface area (Å²) >= 11 is 0. The van der Waals surface area contributed by atoms with Crippen LogP contribution in [0, 0.1) is 27.7 Å². The highest BCUT2D eigenvalue weighted by Gasteiger charge is 2.30. The Bertz CT molecular complexity index is 4870. The minimum absolute atomic E-state index is 0.135. The van der Waals surface area contributed by atoms with Gasteiger partial charge in [0, 0.05) is 77.7 Å². The average molecular weight is 1100 g/mol. The number of benzene rings is 12. The van der Waals surface area contributed by atoms with Crippen LogP contribution >= 0.6 is 0 Å². The maximum absolute atomic E-state index is 7.47. The zero-order valence-corrected chi connectivity index (χ0v) is 49.9. The third-order valence-corrected chi connectivity index (χ3v) is 18.0. The molecule has 15 aromatic rings. The van der Waals surface area contributed by atoms with Gasteiger partial charge >= 0.3 is 0 Å². The first-order valence-corrected chi connectivity index (χ1v) is 29.7. The van der Waals surface area contributed by atoms with Gasteiger partial charge in [-0.05, 0) is 130 Å². The fraction of sp³-hybridized carbons (Fsp3) is 0.150. The van der Waals surface area contributed by atoms with Crippen molar-refractivity contribution in [3.05, 3.63) is 252 Å². The second-order valence-corrected chi connectivity index (χ2v) is 25.5. The van der Waals surface area contributed by atoms with Crippen molar-refractivity contribution in [2.24, 2.45) is 0 Å². The molecule has 0 radical (unpaired) electrons. The van der Waals surface area contributed by atoms with E-state index < -0.39 is 0 Å². The molecular weight excluding hydrogens is 1040 g/mol. The molecule has 0 saturated carbocycles. The lowest BCUT2D eigenvalue weighted by molar-refractivity contribution is 0.572. The maximum Gasteiger partial charge on any atom is 0.159 e. The number of rotatable bonds is 8. The minimum atomic E-state index is -0.135. The number of furan rings is 3. The number of fused-ring (bicyclic) bond motifs is 13. The Labute approximate surface area is 496 Å². The van der Waals surface area contributed by atoms with Crippen LogP contribution in [0.2, 0.25) is 0 Å². The SMILES string of the molecule is Cc1ccc(-c2ccc(N(c3cc4oc5cc(N(c6ccc(-c7ccc(C)c(C)c7)cc6)c6cccc7c6oc6c(C(C)(C)C)cccc67)c6ccccc6c5c4c4ccccc34)c3cccc4c3oc3c(C(C)(C)C)cccc34)cc2)cc1C. The number of para-hydroxylation sites is 4. The molecule has 3 heterocycles. The van der Waals surface area contributed by atoms with E-state index in [1.54, 1.807) is 0 Å². The van der Waals surface area contributed by atoms with Crippen molar-refractivity contribution < 1.29 is 13.3 Å². The topological polar surface area (TPSA) is 45.9 Å². The monoisotopic (exact) mass is 1100 g/mol. The largest absolute Gasteiger partial charge is 0.456 e. The summed E-state index contributed by atoms with van der Waals surface area (Å²) in [5.41, 5.74) is 22.8. The first-order valence-electron chi connectivity index (χ1n) is 29.7. The summed E-state index contributed by atoms with van der Waals surface area (Å²) in [6, 6.07) is 79.8. The molecule has 0 spiro atoms. The van der Waals surface area contributed by atoms with E-state index in [4.69, 9.17) is 13.3 Å². The molecule has 0 saturated heterocycles. The third-order valence-electron chi connectivity index (χ3n) is 18.0. The van der Waals surface area contributed by atoms with E-state index >= 15 is 0 Å². The molecule has 15 rings (SSSR count). The van der Waals surface area contributed by atoms with Crippen LogP contribution in [-0.2, 0) is 10.8 Å². The molecule has 0 bridgehead atoms. The van der Waals surface area contributed by atoms with Crippen LogP contribution in [0.3, 0.4) is 0 Å². The number of anilines is 6. The van der Waals surface area contributed by atoms with E-state index in [0.29, 0.717) is 0 Å². The fourth-order valence-corrected chi connectivity index (χ4v) is 13.2. The Morgan fingerprint density at radius 3 is 0.988 bits per heavy atom.